The van der Waals surface area contributed by atoms with Gasteiger partial charge >= 0.3 is 0 Å². The summed E-state index contributed by atoms with van der Waals surface area (Å²) in [6.07, 6.45) is 9.62. The van der Waals surface area contributed by atoms with Crippen LogP contribution in [0.25, 0.3) is 0 Å². The van der Waals surface area contributed by atoms with Gasteiger partial charge in [-0.1, -0.05) is 79.7 Å². The highest BCUT2D eigenvalue weighted by Gasteiger charge is 2.18. The van der Waals surface area contributed by atoms with Gasteiger partial charge in [-0.2, -0.15) is 0 Å². The minimum atomic E-state index is 0.507. The van der Waals surface area contributed by atoms with Crippen LogP contribution in [0.2, 0.25) is 0 Å². The smallest absolute Gasteiger partial charge is 0.0420 e. The second kappa shape index (κ2) is 7.47. The lowest BCUT2D eigenvalue weighted by Crippen LogP contribution is -2.06. The van der Waals surface area contributed by atoms with Gasteiger partial charge in [0.15, 0.2) is 0 Å². The third-order valence-electron chi connectivity index (χ3n) is 4.58. The number of halogens is 1. The topological polar surface area (TPSA) is 0 Å². The number of benzene rings is 1. The highest BCUT2D eigenvalue weighted by Crippen LogP contribution is 2.36. The molecule has 0 aromatic heterocycles. The molecule has 1 fully saturated rings. The van der Waals surface area contributed by atoms with Crippen LogP contribution in [0.1, 0.15) is 80.7 Å². The van der Waals surface area contributed by atoms with E-state index in [0.29, 0.717) is 10.7 Å². The summed E-state index contributed by atoms with van der Waals surface area (Å²) in [5.74, 6) is 1.54. The highest BCUT2D eigenvalue weighted by atomic mass is 79.9. The molecule has 0 bridgehead atoms. The van der Waals surface area contributed by atoms with Gasteiger partial charge in [-0.25, -0.2) is 0 Å². The van der Waals surface area contributed by atoms with Gasteiger partial charge in [0, 0.05) is 4.83 Å². The molecule has 0 aliphatic heterocycles. The van der Waals surface area contributed by atoms with Gasteiger partial charge in [-0.3, -0.25) is 0 Å². The van der Waals surface area contributed by atoms with Crippen LogP contribution in [-0.2, 0) is 0 Å². The van der Waals surface area contributed by atoms with Crippen molar-refractivity contribution in [2.45, 2.75) is 69.5 Å². The largest absolute Gasteiger partial charge is 0.0836 e. The van der Waals surface area contributed by atoms with Gasteiger partial charge in [0.05, 0.1) is 0 Å². The summed E-state index contributed by atoms with van der Waals surface area (Å²) in [7, 11) is 0. The first-order chi connectivity index (χ1) is 9.22. The Labute approximate surface area is 127 Å². The Balaban J connectivity index is 2.01. The number of alkyl halides is 1. The minimum Gasteiger partial charge on any atom is -0.0836 e. The molecular weight excluding hydrogens is 296 g/mol. The molecule has 1 aliphatic carbocycles. The maximum atomic E-state index is 3.87. The first kappa shape index (κ1) is 15.1. The van der Waals surface area contributed by atoms with Crippen molar-refractivity contribution in [3.63, 3.8) is 0 Å². The molecule has 0 saturated heterocycles. The van der Waals surface area contributed by atoms with E-state index in [1.165, 1.54) is 50.5 Å². The molecule has 1 aromatic carbocycles. The van der Waals surface area contributed by atoms with Crippen molar-refractivity contribution in [2.24, 2.45) is 5.92 Å². The van der Waals surface area contributed by atoms with Crippen LogP contribution in [0, 0.1) is 5.92 Å². The lowest BCUT2D eigenvalue weighted by atomic mass is 9.83. The lowest BCUT2D eigenvalue weighted by molar-refractivity contribution is 0.443. The molecule has 19 heavy (non-hydrogen) atoms. The Bertz CT molecular complexity index is 362. The summed E-state index contributed by atoms with van der Waals surface area (Å²) in [5.41, 5.74) is 3.01. The van der Waals surface area contributed by atoms with Crippen LogP contribution in [0.15, 0.2) is 24.3 Å². The third-order valence-corrected chi connectivity index (χ3v) is 6.01. The Hall–Kier alpha value is -0.300. The van der Waals surface area contributed by atoms with Gasteiger partial charge in [0.2, 0.25) is 0 Å². The van der Waals surface area contributed by atoms with Gasteiger partial charge in [-0.15, -0.1) is 0 Å². The quantitative estimate of drug-likeness (QED) is 0.535. The molecule has 0 heterocycles. The molecule has 2 unspecified atom stereocenters. The first-order valence-electron chi connectivity index (χ1n) is 7.96. The Morgan fingerprint density at radius 2 is 1.74 bits per heavy atom. The molecule has 1 saturated carbocycles. The predicted octanol–water partition coefficient (Wildman–Crippen LogP) is 6.61. The Morgan fingerprint density at radius 1 is 1.11 bits per heavy atom. The van der Waals surface area contributed by atoms with E-state index in [-0.39, 0.29) is 0 Å². The zero-order valence-corrected chi connectivity index (χ0v) is 14.0. The molecule has 1 aromatic rings. The number of hydrogen-bond acceptors (Lipinski definition) is 0. The van der Waals surface area contributed by atoms with Crippen LogP contribution >= 0.6 is 15.9 Å². The zero-order chi connectivity index (χ0) is 13.7. The molecule has 106 valence electrons. The summed E-state index contributed by atoms with van der Waals surface area (Å²) in [6, 6.07) is 9.43. The van der Waals surface area contributed by atoms with E-state index in [1.807, 2.05) is 0 Å². The maximum Gasteiger partial charge on any atom is 0.0420 e. The molecule has 0 radical (unpaired) electrons. The van der Waals surface area contributed by atoms with E-state index in [4.69, 9.17) is 0 Å². The first-order valence-corrected chi connectivity index (χ1v) is 8.88. The lowest BCUT2D eigenvalue weighted by Gasteiger charge is -2.23. The molecule has 0 nitrogen and oxygen atoms in total. The van der Waals surface area contributed by atoms with Crippen LogP contribution in [0.5, 0.6) is 0 Å². The Morgan fingerprint density at radius 3 is 2.32 bits per heavy atom. The van der Waals surface area contributed by atoms with Gasteiger partial charge in [0.25, 0.3) is 0 Å². The van der Waals surface area contributed by atoms with E-state index < -0.39 is 0 Å². The monoisotopic (exact) mass is 322 g/mol. The van der Waals surface area contributed by atoms with Crippen molar-refractivity contribution in [3.05, 3.63) is 35.4 Å². The molecule has 2 atom stereocenters. The molecule has 1 aliphatic rings. The Kier molecular flexibility index (Phi) is 5.94. The van der Waals surface area contributed by atoms with E-state index in [2.05, 4.69) is 54.0 Å². The number of hydrogen-bond donors (Lipinski definition) is 0. The average Bonchev–Trinajstić information content (AvgIpc) is 2.48. The van der Waals surface area contributed by atoms with Crippen molar-refractivity contribution >= 4 is 15.9 Å². The molecular formula is C18H27Br. The second-order valence-electron chi connectivity index (χ2n) is 6.17. The van der Waals surface area contributed by atoms with Crippen molar-refractivity contribution < 1.29 is 0 Å². The minimum absolute atomic E-state index is 0.507. The van der Waals surface area contributed by atoms with E-state index in [0.717, 1.165) is 5.92 Å². The van der Waals surface area contributed by atoms with Crippen LogP contribution in [0.4, 0.5) is 0 Å². The predicted molar refractivity (Wildman–Crippen MR) is 88.0 cm³/mol. The molecule has 0 amide bonds. The second-order valence-corrected chi connectivity index (χ2v) is 7.16. The van der Waals surface area contributed by atoms with Crippen molar-refractivity contribution in [1.82, 2.24) is 0 Å². The van der Waals surface area contributed by atoms with Gasteiger partial charge < -0.3 is 0 Å². The maximum absolute atomic E-state index is 3.87. The fraction of sp³-hybridized carbons (Fsp3) is 0.667. The van der Waals surface area contributed by atoms with E-state index in [1.54, 1.807) is 5.56 Å². The highest BCUT2D eigenvalue weighted by molar-refractivity contribution is 9.09. The molecule has 0 spiro atoms. The SMILES string of the molecule is CCCC(C)C(Br)c1ccc(C2CCCCC2)cc1. The standard InChI is InChI=1S/C18H27Br/c1-3-7-14(2)18(19)17-12-10-16(11-13-17)15-8-5-4-6-9-15/h10-15,18H,3-9H2,1-2H3. The summed E-state index contributed by atoms with van der Waals surface area (Å²) >= 11 is 3.87. The molecule has 2 rings (SSSR count). The summed E-state index contributed by atoms with van der Waals surface area (Å²) in [6.45, 7) is 4.61. The van der Waals surface area contributed by atoms with Crippen LogP contribution in [0.3, 0.4) is 0 Å². The van der Waals surface area contributed by atoms with E-state index >= 15 is 0 Å². The zero-order valence-electron chi connectivity index (χ0n) is 12.4. The normalized spacial score (nSPS) is 20.2. The van der Waals surface area contributed by atoms with Crippen molar-refractivity contribution in [1.29, 1.82) is 0 Å². The summed E-state index contributed by atoms with van der Waals surface area (Å²) in [5, 5.41) is 0. The van der Waals surface area contributed by atoms with E-state index in [9.17, 15) is 0 Å². The summed E-state index contributed by atoms with van der Waals surface area (Å²) in [4.78, 5) is 0.507. The van der Waals surface area contributed by atoms with Gasteiger partial charge in [-0.05, 0) is 42.2 Å². The van der Waals surface area contributed by atoms with Crippen molar-refractivity contribution in [2.75, 3.05) is 0 Å². The molecule has 1 heteroatoms. The van der Waals surface area contributed by atoms with Crippen LogP contribution in [-0.4, -0.2) is 0 Å². The third kappa shape index (κ3) is 4.08. The summed E-state index contributed by atoms with van der Waals surface area (Å²) < 4.78 is 0. The molecule has 0 N–H and O–H groups in total. The average molecular weight is 323 g/mol. The van der Waals surface area contributed by atoms with Crippen molar-refractivity contribution in [3.8, 4) is 0 Å². The number of rotatable bonds is 5. The van der Waals surface area contributed by atoms with Gasteiger partial charge in [0.1, 0.15) is 0 Å². The fourth-order valence-electron chi connectivity index (χ4n) is 3.32. The van der Waals surface area contributed by atoms with Crippen LogP contribution < -0.4 is 0 Å². The fourth-order valence-corrected chi connectivity index (χ4v) is 3.89.